The molecule has 0 bridgehead atoms. The van der Waals surface area contributed by atoms with Gasteiger partial charge in [0.15, 0.2) is 0 Å². The highest BCUT2D eigenvalue weighted by Gasteiger charge is 2.33. The molecule has 1 N–H and O–H groups in total. The van der Waals surface area contributed by atoms with Crippen molar-refractivity contribution >= 4 is 23.6 Å². The predicted molar refractivity (Wildman–Crippen MR) is 75.6 cm³/mol. The molecule has 1 fully saturated rings. The maximum Gasteiger partial charge on any atom is 0.245 e. The summed E-state index contributed by atoms with van der Waals surface area (Å²) in [6, 6.07) is -0.348. The minimum atomic E-state index is -0.348. The summed E-state index contributed by atoms with van der Waals surface area (Å²) in [5, 5.41) is 3.27. The fourth-order valence-corrected chi connectivity index (χ4v) is 2.37. The van der Waals surface area contributed by atoms with Crippen LogP contribution in [0.4, 0.5) is 0 Å². The highest BCUT2D eigenvalue weighted by molar-refractivity contribution is 7.99. The van der Waals surface area contributed by atoms with Gasteiger partial charge in [0.2, 0.25) is 11.8 Å². The largest absolute Gasteiger partial charge is 0.344 e. The summed E-state index contributed by atoms with van der Waals surface area (Å²) in [5.41, 5.74) is 0. The summed E-state index contributed by atoms with van der Waals surface area (Å²) in [7, 11) is 0. The monoisotopic (exact) mass is 272 g/mol. The summed E-state index contributed by atoms with van der Waals surface area (Å²) in [5.74, 6) is 0.260. The maximum atomic E-state index is 12.4. The standard InChI is InChI=1S/C13H24N2O2S/c1-5-9(2)12-13(17)15(8-10(3)18-4)7-6-11(16)14-12/h9-10,12H,5-8H2,1-4H3,(H,14,16). The summed E-state index contributed by atoms with van der Waals surface area (Å²) in [4.78, 5) is 26.0. The molecular weight excluding hydrogens is 248 g/mol. The van der Waals surface area contributed by atoms with Gasteiger partial charge in [-0.25, -0.2) is 0 Å². The van der Waals surface area contributed by atoms with E-state index in [4.69, 9.17) is 0 Å². The van der Waals surface area contributed by atoms with Gasteiger partial charge in [-0.2, -0.15) is 11.8 Å². The molecule has 0 saturated carbocycles. The summed E-state index contributed by atoms with van der Waals surface area (Å²) >= 11 is 1.74. The normalized spacial score (nSPS) is 24.4. The smallest absolute Gasteiger partial charge is 0.245 e. The molecule has 0 aromatic carbocycles. The number of thioether (sulfide) groups is 1. The van der Waals surface area contributed by atoms with Gasteiger partial charge in [-0.05, 0) is 12.2 Å². The summed E-state index contributed by atoms with van der Waals surface area (Å²) < 4.78 is 0. The molecule has 1 aliphatic heterocycles. The predicted octanol–water partition coefficient (Wildman–Crippen LogP) is 1.50. The van der Waals surface area contributed by atoms with Gasteiger partial charge < -0.3 is 10.2 Å². The van der Waals surface area contributed by atoms with Gasteiger partial charge in [-0.1, -0.05) is 27.2 Å². The van der Waals surface area contributed by atoms with Crippen molar-refractivity contribution in [2.75, 3.05) is 19.3 Å². The van der Waals surface area contributed by atoms with Crippen molar-refractivity contribution in [2.45, 2.75) is 44.9 Å². The Kier molecular flexibility index (Phi) is 5.99. The number of rotatable bonds is 5. The van der Waals surface area contributed by atoms with E-state index >= 15 is 0 Å². The quantitative estimate of drug-likeness (QED) is 0.825. The highest BCUT2D eigenvalue weighted by atomic mass is 32.2. The lowest BCUT2D eigenvalue weighted by Gasteiger charge is -2.28. The van der Waals surface area contributed by atoms with Gasteiger partial charge >= 0.3 is 0 Å². The molecule has 0 aromatic rings. The van der Waals surface area contributed by atoms with Gasteiger partial charge in [0, 0.05) is 24.8 Å². The molecule has 1 heterocycles. The van der Waals surface area contributed by atoms with E-state index in [2.05, 4.69) is 12.2 Å². The van der Waals surface area contributed by atoms with Crippen LogP contribution in [0.2, 0.25) is 0 Å². The number of carbonyl (C=O) groups excluding carboxylic acids is 2. The zero-order valence-electron chi connectivity index (χ0n) is 11.7. The fourth-order valence-electron chi connectivity index (χ4n) is 2.04. The van der Waals surface area contributed by atoms with Crippen LogP contribution in [0.5, 0.6) is 0 Å². The van der Waals surface area contributed by atoms with Crippen LogP contribution in [-0.4, -0.2) is 47.4 Å². The zero-order chi connectivity index (χ0) is 13.7. The first-order valence-corrected chi connectivity index (χ1v) is 7.89. The van der Waals surface area contributed by atoms with E-state index < -0.39 is 0 Å². The van der Waals surface area contributed by atoms with E-state index in [1.54, 1.807) is 11.8 Å². The number of hydrogen-bond acceptors (Lipinski definition) is 3. The molecular formula is C13H24N2O2S. The van der Waals surface area contributed by atoms with Crippen molar-refractivity contribution in [3.05, 3.63) is 0 Å². The van der Waals surface area contributed by atoms with Gasteiger partial charge in [-0.3, -0.25) is 9.59 Å². The molecule has 1 aliphatic rings. The molecule has 1 saturated heterocycles. The third-order valence-corrected chi connectivity index (χ3v) is 4.55. The van der Waals surface area contributed by atoms with Crippen LogP contribution in [0, 0.1) is 5.92 Å². The third kappa shape index (κ3) is 3.90. The Morgan fingerprint density at radius 3 is 2.67 bits per heavy atom. The molecule has 3 atom stereocenters. The Bertz CT molecular complexity index is 309. The van der Waals surface area contributed by atoms with E-state index in [1.165, 1.54) is 0 Å². The number of nitrogens with zero attached hydrogens (tertiary/aromatic N) is 1. The zero-order valence-corrected chi connectivity index (χ0v) is 12.5. The molecule has 0 aliphatic carbocycles. The first-order chi connectivity index (χ1) is 8.49. The van der Waals surface area contributed by atoms with Crippen molar-refractivity contribution < 1.29 is 9.59 Å². The molecule has 0 radical (unpaired) electrons. The van der Waals surface area contributed by atoms with E-state index in [0.717, 1.165) is 13.0 Å². The van der Waals surface area contributed by atoms with E-state index in [0.29, 0.717) is 18.2 Å². The second kappa shape index (κ2) is 7.02. The van der Waals surface area contributed by atoms with Crippen LogP contribution < -0.4 is 5.32 Å². The lowest BCUT2D eigenvalue weighted by molar-refractivity contribution is -0.134. The summed E-state index contributed by atoms with van der Waals surface area (Å²) in [6.07, 6.45) is 3.35. The Morgan fingerprint density at radius 1 is 1.44 bits per heavy atom. The van der Waals surface area contributed by atoms with E-state index in [9.17, 15) is 9.59 Å². The average molecular weight is 272 g/mol. The van der Waals surface area contributed by atoms with Gasteiger partial charge in [0.25, 0.3) is 0 Å². The molecule has 0 spiro atoms. The Morgan fingerprint density at radius 2 is 2.11 bits per heavy atom. The SMILES string of the molecule is CCC(C)C1NC(=O)CCN(CC(C)SC)C1=O. The van der Waals surface area contributed by atoms with Crippen LogP contribution >= 0.6 is 11.8 Å². The Balaban J connectivity index is 2.79. The van der Waals surface area contributed by atoms with Crippen LogP contribution in [0.15, 0.2) is 0 Å². The average Bonchev–Trinajstić information content (AvgIpc) is 2.50. The van der Waals surface area contributed by atoms with Crippen LogP contribution in [0.3, 0.4) is 0 Å². The third-order valence-electron chi connectivity index (χ3n) is 3.60. The number of hydrogen-bond donors (Lipinski definition) is 1. The fraction of sp³-hybridized carbons (Fsp3) is 0.846. The van der Waals surface area contributed by atoms with Gasteiger partial charge in [-0.15, -0.1) is 0 Å². The number of carbonyl (C=O) groups is 2. The van der Waals surface area contributed by atoms with Crippen molar-refractivity contribution in [3.63, 3.8) is 0 Å². The maximum absolute atomic E-state index is 12.4. The lowest BCUT2D eigenvalue weighted by atomic mass is 9.98. The molecule has 3 unspecified atom stereocenters. The van der Waals surface area contributed by atoms with Crippen molar-refractivity contribution in [2.24, 2.45) is 5.92 Å². The minimum Gasteiger partial charge on any atom is -0.344 e. The first kappa shape index (κ1) is 15.3. The second-order valence-corrected chi connectivity index (χ2v) is 6.29. The number of nitrogens with one attached hydrogen (secondary N) is 1. The van der Waals surface area contributed by atoms with E-state index in [-0.39, 0.29) is 23.8 Å². The molecule has 18 heavy (non-hydrogen) atoms. The molecule has 4 nitrogen and oxygen atoms in total. The molecule has 0 aromatic heterocycles. The lowest BCUT2D eigenvalue weighted by Crippen LogP contribution is -2.49. The Hall–Kier alpha value is -0.710. The molecule has 2 amide bonds. The molecule has 5 heteroatoms. The molecule has 104 valence electrons. The van der Waals surface area contributed by atoms with Gasteiger partial charge in [0.1, 0.15) is 6.04 Å². The Labute approximate surface area is 114 Å². The first-order valence-electron chi connectivity index (χ1n) is 6.60. The van der Waals surface area contributed by atoms with E-state index in [1.807, 2.05) is 25.0 Å². The van der Waals surface area contributed by atoms with Crippen LogP contribution in [0.1, 0.15) is 33.6 Å². The molecule has 1 rings (SSSR count). The van der Waals surface area contributed by atoms with Crippen molar-refractivity contribution in [3.8, 4) is 0 Å². The second-order valence-electron chi connectivity index (χ2n) is 5.01. The van der Waals surface area contributed by atoms with Crippen LogP contribution in [0.25, 0.3) is 0 Å². The van der Waals surface area contributed by atoms with Crippen molar-refractivity contribution in [1.29, 1.82) is 0 Å². The van der Waals surface area contributed by atoms with Crippen molar-refractivity contribution in [1.82, 2.24) is 10.2 Å². The van der Waals surface area contributed by atoms with Crippen LogP contribution in [-0.2, 0) is 9.59 Å². The highest BCUT2D eigenvalue weighted by Crippen LogP contribution is 2.16. The summed E-state index contributed by atoms with van der Waals surface area (Å²) in [6.45, 7) is 7.44. The minimum absolute atomic E-state index is 0.00652. The topological polar surface area (TPSA) is 49.4 Å². The number of amides is 2. The van der Waals surface area contributed by atoms with Gasteiger partial charge in [0.05, 0.1) is 0 Å².